The van der Waals surface area contributed by atoms with Crippen LogP contribution in [0.2, 0.25) is 0 Å². The van der Waals surface area contributed by atoms with Crippen molar-refractivity contribution in [2.45, 2.75) is 6.42 Å². The molecule has 0 fully saturated rings. The van der Waals surface area contributed by atoms with Crippen LogP contribution in [0.4, 0.5) is 0 Å². The topological polar surface area (TPSA) is 76.1 Å². The molecule has 0 aromatic carbocycles. The molecule has 0 saturated heterocycles. The van der Waals surface area contributed by atoms with Crippen LogP contribution < -0.4 is 22.1 Å². The van der Waals surface area contributed by atoms with Crippen molar-refractivity contribution in [2.24, 2.45) is 11.5 Å². The minimum Gasteiger partial charge on any atom is -0.330 e. The molecule has 0 aromatic heterocycles. The first-order valence-electron chi connectivity index (χ1n) is 3.73. The largest absolute Gasteiger partial charge is 0.330 e. The number of rotatable bonds is 7. The van der Waals surface area contributed by atoms with Crippen LogP contribution in [0.5, 0.6) is 0 Å². The summed E-state index contributed by atoms with van der Waals surface area (Å²) in [4.78, 5) is 0. The molecule has 0 unspecified atom stereocenters. The van der Waals surface area contributed by atoms with Gasteiger partial charge >= 0.3 is 0 Å². The van der Waals surface area contributed by atoms with E-state index in [1.54, 1.807) is 0 Å². The molecule has 0 aliphatic carbocycles. The van der Waals surface area contributed by atoms with Crippen LogP contribution >= 0.6 is 0 Å². The summed E-state index contributed by atoms with van der Waals surface area (Å²) in [6, 6.07) is 0. The predicted octanol–water partition coefficient (Wildman–Crippen LogP) is -1.57. The van der Waals surface area contributed by atoms with Gasteiger partial charge in [0.25, 0.3) is 0 Å². The van der Waals surface area contributed by atoms with E-state index in [0.717, 1.165) is 32.7 Å². The minimum atomic E-state index is 0.693. The third-order valence-electron chi connectivity index (χ3n) is 1.13. The maximum atomic E-state index is 5.29. The van der Waals surface area contributed by atoms with E-state index < -0.39 is 0 Å². The highest BCUT2D eigenvalue weighted by Gasteiger charge is 1.83. The number of nitrogens with one attached hydrogen (secondary N) is 2. The number of nitrogens with two attached hydrogens (primary N) is 2. The zero-order valence-corrected chi connectivity index (χ0v) is 6.40. The second kappa shape index (κ2) is 8.84. The monoisotopic (exact) mass is 146 g/mol. The maximum absolute atomic E-state index is 5.29. The molecule has 4 nitrogen and oxygen atoms in total. The summed E-state index contributed by atoms with van der Waals surface area (Å²) in [5.74, 6) is 0. The average molecular weight is 146 g/mol. The van der Waals surface area contributed by atoms with Gasteiger partial charge in [-0.2, -0.15) is 0 Å². The van der Waals surface area contributed by atoms with Crippen LogP contribution in [0.15, 0.2) is 0 Å². The van der Waals surface area contributed by atoms with E-state index in [1.807, 2.05) is 0 Å². The third-order valence-corrected chi connectivity index (χ3v) is 1.13. The molecular weight excluding hydrogens is 128 g/mol. The summed E-state index contributed by atoms with van der Waals surface area (Å²) >= 11 is 0. The van der Waals surface area contributed by atoms with E-state index in [9.17, 15) is 0 Å². The summed E-state index contributed by atoms with van der Waals surface area (Å²) < 4.78 is 0. The molecule has 0 aliphatic rings. The Balaban J connectivity index is 2.65. The fourth-order valence-corrected chi connectivity index (χ4v) is 0.594. The van der Waals surface area contributed by atoms with Gasteiger partial charge in [0, 0.05) is 19.8 Å². The fourth-order valence-electron chi connectivity index (χ4n) is 0.594. The molecule has 0 bridgehead atoms. The van der Waals surface area contributed by atoms with Crippen molar-refractivity contribution in [3.8, 4) is 0 Å². The highest BCUT2D eigenvalue weighted by molar-refractivity contribution is 4.47. The van der Waals surface area contributed by atoms with Crippen LogP contribution in [-0.2, 0) is 0 Å². The van der Waals surface area contributed by atoms with Gasteiger partial charge in [-0.25, -0.2) is 0 Å². The van der Waals surface area contributed by atoms with Gasteiger partial charge in [-0.3, -0.25) is 0 Å². The number of hydrogen-bond donors (Lipinski definition) is 4. The van der Waals surface area contributed by atoms with Gasteiger partial charge in [-0.05, 0) is 19.5 Å². The van der Waals surface area contributed by atoms with Crippen molar-refractivity contribution in [1.29, 1.82) is 0 Å². The molecule has 0 saturated carbocycles. The summed E-state index contributed by atoms with van der Waals surface area (Å²) in [5, 5.41) is 6.29. The maximum Gasteiger partial charge on any atom is 0.0454 e. The van der Waals surface area contributed by atoms with Gasteiger partial charge in [-0.15, -0.1) is 0 Å². The van der Waals surface area contributed by atoms with E-state index in [4.69, 9.17) is 11.5 Å². The van der Waals surface area contributed by atoms with E-state index >= 15 is 0 Å². The Morgan fingerprint density at radius 2 is 1.60 bits per heavy atom. The molecule has 4 heteroatoms. The fraction of sp³-hybridized carbons (Fsp3) is 1.00. The van der Waals surface area contributed by atoms with E-state index in [0.29, 0.717) is 6.54 Å². The summed E-state index contributed by atoms with van der Waals surface area (Å²) in [7, 11) is 0. The molecule has 0 radical (unpaired) electrons. The highest BCUT2D eigenvalue weighted by atomic mass is 15.1. The van der Waals surface area contributed by atoms with Gasteiger partial charge in [0.1, 0.15) is 0 Å². The minimum absolute atomic E-state index is 0.693. The van der Waals surface area contributed by atoms with Crippen LogP contribution in [-0.4, -0.2) is 32.8 Å². The summed E-state index contributed by atoms with van der Waals surface area (Å²) in [5.41, 5.74) is 10.5. The summed E-state index contributed by atoms with van der Waals surface area (Å²) in [6.45, 7) is 4.13. The Morgan fingerprint density at radius 1 is 0.900 bits per heavy atom. The highest BCUT2D eigenvalue weighted by Crippen LogP contribution is 1.66. The van der Waals surface area contributed by atoms with Crippen LogP contribution in [0.3, 0.4) is 0 Å². The lowest BCUT2D eigenvalue weighted by Gasteiger charge is -2.03. The van der Waals surface area contributed by atoms with Gasteiger partial charge in [0.05, 0.1) is 0 Å². The van der Waals surface area contributed by atoms with Crippen molar-refractivity contribution in [2.75, 3.05) is 32.8 Å². The average Bonchev–Trinajstić information content (AvgIpc) is 1.97. The molecule has 10 heavy (non-hydrogen) atoms. The lowest BCUT2D eigenvalue weighted by atomic mass is 10.4. The Bertz CT molecular complexity index is 49.7. The lowest BCUT2D eigenvalue weighted by molar-refractivity contribution is 0.576. The third kappa shape index (κ3) is 7.84. The van der Waals surface area contributed by atoms with Crippen LogP contribution in [0.1, 0.15) is 6.42 Å². The molecule has 0 spiro atoms. The standard InChI is InChI=1S/C6H18N4/c7-2-1-4-9-6-10-5-3-8/h9-10H,1-8H2. The van der Waals surface area contributed by atoms with Crippen molar-refractivity contribution in [3.05, 3.63) is 0 Å². The molecule has 0 aromatic rings. The predicted molar refractivity (Wildman–Crippen MR) is 43.6 cm³/mol. The van der Waals surface area contributed by atoms with Gasteiger partial charge in [-0.1, -0.05) is 0 Å². The zero-order valence-electron chi connectivity index (χ0n) is 6.40. The Labute approximate surface area is 62.3 Å². The molecular formula is C6H18N4. The van der Waals surface area contributed by atoms with E-state index in [1.165, 1.54) is 0 Å². The van der Waals surface area contributed by atoms with Gasteiger partial charge in [0.2, 0.25) is 0 Å². The smallest absolute Gasteiger partial charge is 0.0454 e. The summed E-state index contributed by atoms with van der Waals surface area (Å²) in [6.07, 6.45) is 1.03. The van der Waals surface area contributed by atoms with Gasteiger partial charge in [0.15, 0.2) is 0 Å². The lowest BCUT2D eigenvalue weighted by Crippen LogP contribution is -2.33. The van der Waals surface area contributed by atoms with Gasteiger partial charge < -0.3 is 22.1 Å². The molecule has 0 aliphatic heterocycles. The Morgan fingerprint density at radius 3 is 2.20 bits per heavy atom. The van der Waals surface area contributed by atoms with Crippen molar-refractivity contribution >= 4 is 0 Å². The SMILES string of the molecule is NCCCNCNCCN. The first-order chi connectivity index (χ1) is 4.91. The number of hydrogen-bond acceptors (Lipinski definition) is 4. The molecule has 0 amide bonds. The van der Waals surface area contributed by atoms with Crippen molar-refractivity contribution in [3.63, 3.8) is 0 Å². The normalized spacial score (nSPS) is 10.2. The molecule has 0 rings (SSSR count). The van der Waals surface area contributed by atoms with Crippen molar-refractivity contribution < 1.29 is 0 Å². The first-order valence-corrected chi connectivity index (χ1v) is 3.73. The Kier molecular flexibility index (Phi) is 8.70. The van der Waals surface area contributed by atoms with E-state index in [-0.39, 0.29) is 0 Å². The zero-order chi connectivity index (χ0) is 7.66. The molecule has 6 N–H and O–H groups in total. The van der Waals surface area contributed by atoms with Crippen LogP contribution in [0, 0.1) is 0 Å². The second-order valence-electron chi connectivity index (χ2n) is 2.11. The first kappa shape index (κ1) is 9.84. The molecule has 62 valence electrons. The molecule has 0 atom stereocenters. The Hall–Kier alpha value is -0.160. The van der Waals surface area contributed by atoms with Crippen LogP contribution in [0.25, 0.3) is 0 Å². The quantitative estimate of drug-likeness (QED) is 0.258. The van der Waals surface area contributed by atoms with E-state index in [2.05, 4.69) is 10.6 Å². The molecule has 0 heterocycles. The van der Waals surface area contributed by atoms with Crippen molar-refractivity contribution in [1.82, 2.24) is 10.6 Å². The second-order valence-corrected chi connectivity index (χ2v) is 2.11.